The lowest BCUT2D eigenvalue weighted by Crippen LogP contribution is -2.33. The van der Waals surface area contributed by atoms with Crippen molar-refractivity contribution in [3.05, 3.63) is 17.5 Å². The van der Waals surface area contributed by atoms with Gasteiger partial charge in [-0.3, -0.25) is 9.48 Å². The summed E-state index contributed by atoms with van der Waals surface area (Å²) in [6.45, 7) is 3.69. The van der Waals surface area contributed by atoms with Crippen molar-refractivity contribution in [2.24, 2.45) is 0 Å². The Bertz CT molecular complexity index is 395. The van der Waals surface area contributed by atoms with Crippen LogP contribution in [0.2, 0.25) is 0 Å². The van der Waals surface area contributed by atoms with Gasteiger partial charge in [0.1, 0.15) is 11.7 Å². The number of halogens is 2. The van der Waals surface area contributed by atoms with Gasteiger partial charge < -0.3 is 5.32 Å². The van der Waals surface area contributed by atoms with Crippen LogP contribution in [0, 0.1) is 6.92 Å². The molecular formula is C10H15F2N3OS. The number of nitrogens with zero attached hydrogens (tertiary/aromatic N) is 2. The number of aromatic nitrogens is 2. The van der Waals surface area contributed by atoms with Crippen molar-refractivity contribution in [2.75, 3.05) is 12.3 Å². The van der Waals surface area contributed by atoms with E-state index in [0.717, 1.165) is 0 Å². The van der Waals surface area contributed by atoms with Crippen molar-refractivity contribution in [1.82, 2.24) is 15.1 Å². The summed E-state index contributed by atoms with van der Waals surface area (Å²) in [4.78, 5) is 11.6. The normalized spacial score (nSPS) is 12.8. The number of amides is 1. The lowest BCUT2D eigenvalue weighted by Gasteiger charge is -2.13. The summed E-state index contributed by atoms with van der Waals surface area (Å²) in [5.41, 5.74) is 0.227. The molecule has 1 aromatic heterocycles. The number of aryl methyl sites for hydroxylation is 1. The van der Waals surface area contributed by atoms with Gasteiger partial charge in [0.15, 0.2) is 0 Å². The van der Waals surface area contributed by atoms with E-state index in [2.05, 4.69) is 23.0 Å². The van der Waals surface area contributed by atoms with Crippen LogP contribution in [0.15, 0.2) is 6.07 Å². The SMILES string of the molecule is Cc1cc(C(F)F)nn1C(C)C(=O)NCCS. The maximum atomic E-state index is 12.4. The molecule has 0 aromatic carbocycles. The van der Waals surface area contributed by atoms with Gasteiger partial charge in [-0.1, -0.05) is 0 Å². The van der Waals surface area contributed by atoms with Crippen LogP contribution in [-0.2, 0) is 4.79 Å². The highest BCUT2D eigenvalue weighted by molar-refractivity contribution is 7.80. The maximum Gasteiger partial charge on any atom is 0.282 e. The molecule has 0 saturated carbocycles. The summed E-state index contributed by atoms with van der Waals surface area (Å²) in [7, 11) is 0. The highest BCUT2D eigenvalue weighted by Gasteiger charge is 2.20. The number of nitrogens with one attached hydrogen (secondary N) is 1. The Morgan fingerprint density at radius 3 is 2.76 bits per heavy atom. The molecule has 0 aliphatic rings. The summed E-state index contributed by atoms with van der Waals surface area (Å²) in [6.07, 6.45) is -2.62. The Kier molecular flexibility index (Phi) is 4.92. The Hall–Kier alpha value is -1.11. The molecule has 1 N–H and O–H groups in total. The summed E-state index contributed by atoms with van der Waals surface area (Å²) in [6, 6.07) is 0.676. The molecule has 4 nitrogen and oxygen atoms in total. The number of thiol groups is 1. The fourth-order valence-electron chi connectivity index (χ4n) is 1.45. The third-order valence-electron chi connectivity index (χ3n) is 2.32. The van der Waals surface area contributed by atoms with Crippen molar-refractivity contribution in [3.63, 3.8) is 0 Å². The Labute approximate surface area is 104 Å². The third kappa shape index (κ3) is 3.42. The minimum atomic E-state index is -2.62. The zero-order valence-electron chi connectivity index (χ0n) is 9.65. The van der Waals surface area contributed by atoms with E-state index in [-0.39, 0.29) is 11.6 Å². The number of hydrogen-bond donors (Lipinski definition) is 2. The molecule has 0 saturated heterocycles. The number of carbonyl (C=O) groups is 1. The van der Waals surface area contributed by atoms with E-state index in [9.17, 15) is 13.6 Å². The lowest BCUT2D eigenvalue weighted by molar-refractivity contribution is -0.124. The number of carbonyl (C=O) groups excluding carboxylic acids is 1. The average molecular weight is 263 g/mol. The van der Waals surface area contributed by atoms with E-state index in [1.165, 1.54) is 10.7 Å². The van der Waals surface area contributed by atoms with Crippen LogP contribution in [0.4, 0.5) is 8.78 Å². The van der Waals surface area contributed by atoms with Crippen molar-refractivity contribution < 1.29 is 13.6 Å². The van der Waals surface area contributed by atoms with Gasteiger partial charge in [0, 0.05) is 18.0 Å². The van der Waals surface area contributed by atoms with E-state index in [0.29, 0.717) is 18.0 Å². The van der Waals surface area contributed by atoms with E-state index in [1.807, 2.05) is 0 Å². The van der Waals surface area contributed by atoms with Gasteiger partial charge in [-0.15, -0.1) is 0 Å². The first-order valence-electron chi connectivity index (χ1n) is 5.20. The van der Waals surface area contributed by atoms with Crippen molar-refractivity contribution in [2.45, 2.75) is 26.3 Å². The van der Waals surface area contributed by atoms with E-state index in [1.54, 1.807) is 13.8 Å². The molecule has 1 atom stereocenters. The monoisotopic (exact) mass is 263 g/mol. The van der Waals surface area contributed by atoms with E-state index < -0.39 is 12.5 Å². The molecule has 0 aliphatic heterocycles. The summed E-state index contributed by atoms with van der Waals surface area (Å²) in [5, 5.41) is 6.36. The molecule has 0 bridgehead atoms. The fraction of sp³-hybridized carbons (Fsp3) is 0.600. The Morgan fingerprint density at radius 2 is 2.29 bits per heavy atom. The van der Waals surface area contributed by atoms with Crippen LogP contribution in [0.1, 0.15) is 30.8 Å². The number of hydrogen-bond acceptors (Lipinski definition) is 3. The third-order valence-corrected chi connectivity index (χ3v) is 2.55. The smallest absolute Gasteiger partial charge is 0.282 e. The molecule has 1 aromatic rings. The average Bonchev–Trinajstić information content (AvgIpc) is 2.67. The zero-order chi connectivity index (χ0) is 13.0. The first kappa shape index (κ1) is 14.0. The second-order valence-corrected chi connectivity index (χ2v) is 4.09. The topological polar surface area (TPSA) is 46.9 Å². The Morgan fingerprint density at radius 1 is 1.65 bits per heavy atom. The molecule has 0 spiro atoms. The predicted molar refractivity (Wildman–Crippen MR) is 63.5 cm³/mol. The molecule has 1 heterocycles. The van der Waals surface area contributed by atoms with Gasteiger partial charge in [0.25, 0.3) is 6.43 Å². The van der Waals surface area contributed by atoms with Crippen LogP contribution >= 0.6 is 12.6 Å². The molecule has 0 fully saturated rings. The van der Waals surface area contributed by atoms with Gasteiger partial charge >= 0.3 is 0 Å². The van der Waals surface area contributed by atoms with Crippen LogP contribution in [-0.4, -0.2) is 28.0 Å². The Balaban J connectivity index is 2.81. The van der Waals surface area contributed by atoms with Crippen molar-refractivity contribution in [1.29, 1.82) is 0 Å². The summed E-state index contributed by atoms with van der Waals surface area (Å²) in [5.74, 6) is 0.268. The molecular weight excluding hydrogens is 248 g/mol. The van der Waals surface area contributed by atoms with Crippen LogP contribution < -0.4 is 5.32 Å². The molecule has 7 heteroatoms. The standard InChI is InChI=1S/C10H15F2N3OS/c1-6-5-8(9(11)12)14-15(6)7(2)10(16)13-3-4-17/h5,7,9,17H,3-4H2,1-2H3,(H,13,16). The number of rotatable bonds is 5. The summed E-state index contributed by atoms with van der Waals surface area (Å²) >= 11 is 3.97. The van der Waals surface area contributed by atoms with Gasteiger partial charge in [-0.25, -0.2) is 8.78 Å². The van der Waals surface area contributed by atoms with Gasteiger partial charge in [-0.2, -0.15) is 17.7 Å². The van der Waals surface area contributed by atoms with Gasteiger partial charge in [0.2, 0.25) is 5.91 Å². The highest BCUT2D eigenvalue weighted by atomic mass is 32.1. The van der Waals surface area contributed by atoms with Gasteiger partial charge in [-0.05, 0) is 19.9 Å². The van der Waals surface area contributed by atoms with Crippen molar-refractivity contribution in [3.8, 4) is 0 Å². The van der Waals surface area contributed by atoms with Crippen LogP contribution in [0.25, 0.3) is 0 Å². The molecule has 1 amide bonds. The molecule has 96 valence electrons. The minimum absolute atomic E-state index is 0.258. The molecule has 0 radical (unpaired) electrons. The highest BCUT2D eigenvalue weighted by Crippen LogP contribution is 2.20. The van der Waals surface area contributed by atoms with Crippen molar-refractivity contribution >= 4 is 18.5 Å². The van der Waals surface area contributed by atoms with E-state index in [4.69, 9.17) is 0 Å². The summed E-state index contributed by atoms with van der Waals surface area (Å²) < 4.78 is 26.2. The zero-order valence-corrected chi connectivity index (χ0v) is 10.5. The van der Waals surface area contributed by atoms with Crippen LogP contribution in [0.3, 0.4) is 0 Å². The lowest BCUT2D eigenvalue weighted by atomic mass is 10.3. The molecule has 1 rings (SSSR count). The first-order valence-corrected chi connectivity index (χ1v) is 5.83. The quantitative estimate of drug-likeness (QED) is 0.795. The van der Waals surface area contributed by atoms with E-state index >= 15 is 0 Å². The minimum Gasteiger partial charge on any atom is -0.353 e. The van der Waals surface area contributed by atoms with Gasteiger partial charge in [0.05, 0.1) is 0 Å². The molecule has 1 unspecified atom stereocenters. The second kappa shape index (κ2) is 6.00. The molecule has 0 aliphatic carbocycles. The predicted octanol–water partition coefficient (Wildman–Crippen LogP) is 1.74. The number of alkyl halides is 2. The largest absolute Gasteiger partial charge is 0.353 e. The second-order valence-electron chi connectivity index (χ2n) is 3.65. The molecule has 17 heavy (non-hydrogen) atoms. The maximum absolute atomic E-state index is 12.4. The first-order chi connectivity index (χ1) is 7.97. The fourth-order valence-corrected chi connectivity index (χ4v) is 1.56. The van der Waals surface area contributed by atoms with Crippen LogP contribution in [0.5, 0.6) is 0 Å².